The largest absolute Gasteiger partial charge is 0.495 e. The summed E-state index contributed by atoms with van der Waals surface area (Å²) in [4.78, 5) is 21.8. The lowest BCUT2D eigenvalue weighted by Crippen LogP contribution is -2.17. The second kappa shape index (κ2) is 10.5. The van der Waals surface area contributed by atoms with Crippen molar-refractivity contribution in [2.45, 2.75) is 76.9 Å². The van der Waals surface area contributed by atoms with Crippen molar-refractivity contribution in [3.8, 4) is 0 Å². The number of fused-ring (bicyclic) bond motifs is 1. The minimum atomic E-state index is -0.774. The lowest BCUT2D eigenvalue weighted by molar-refractivity contribution is -0.137. The van der Waals surface area contributed by atoms with Gasteiger partial charge in [0.25, 0.3) is 0 Å². The van der Waals surface area contributed by atoms with Crippen LogP contribution < -0.4 is 0 Å². The molecule has 1 heterocycles. The predicted molar refractivity (Wildman–Crippen MR) is 99.5 cm³/mol. The summed E-state index contributed by atoms with van der Waals surface area (Å²) in [6, 6.07) is 0. The van der Waals surface area contributed by atoms with Gasteiger partial charge in [0.2, 0.25) is 0 Å². The Labute approximate surface area is 156 Å². The first-order valence-corrected chi connectivity index (χ1v) is 9.94. The van der Waals surface area contributed by atoms with E-state index in [1.807, 2.05) is 18.2 Å². The van der Waals surface area contributed by atoms with Gasteiger partial charge >= 0.3 is 5.97 Å². The number of hydrogen-bond acceptors (Lipinski definition) is 4. The van der Waals surface area contributed by atoms with Crippen LogP contribution in [-0.4, -0.2) is 34.7 Å². The molecule has 5 atom stereocenters. The van der Waals surface area contributed by atoms with Crippen LogP contribution in [-0.2, 0) is 14.3 Å². The van der Waals surface area contributed by atoms with Gasteiger partial charge in [-0.15, -0.1) is 0 Å². The Morgan fingerprint density at radius 1 is 1.35 bits per heavy atom. The zero-order chi connectivity index (χ0) is 18.9. The highest BCUT2D eigenvalue weighted by Crippen LogP contribution is 2.45. The monoisotopic (exact) mass is 364 g/mol. The molecule has 1 saturated carbocycles. The Morgan fingerprint density at radius 3 is 2.85 bits per heavy atom. The number of aldehydes is 1. The van der Waals surface area contributed by atoms with E-state index in [1.165, 1.54) is 0 Å². The molecule has 2 aliphatic rings. The highest BCUT2D eigenvalue weighted by molar-refractivity contribution is 5.66. The number of carboxylic acids is 1. The first-order valence-electron chi connectivity index (χ1n) is 9.94. The number of aliphatic hydroxyl groups excluding tert-OH is 1. The topological polar surface area (TPSA) is 83.8 Å². The maximum atomic E-state index is 11.3. The van der Waals surface area contributed by atoms with Crippen molar-refractivity contribution in [2.24, 2.45) is 17.8 Å². The Bertz CT molecular complexity index is 524. The van der Waals surface area contributed by atoms with Crippen LogP contribution in [0.2, 0.25) is 0 Å². The molecular weight excluding hydrogens is 332 g/mol. The average molecular weight is 364 g/mol. The summed E-state index contributed by atoms with van der Waals surface area (Å²) in [5, 5.41) is 19.0. The molecule has 2 fully saturated rings. The Balaban J connectivity index is 1.87. The molecule has 2 N–H and O–H groups in total. The minimum Gasteiger partial charge on any atom is -0.495 e. The number of rotatable bonds is 11. The van der Waals surface area contributed by atoms with Crippen molar-refractivity contribution in [3.05, 3.63) is 24.0 Å². The highest BCUT2D eigenvalue weighted by atomic mass is 16.5. The van der Waals surface area contributed by atoms with Crippen molar-refractivity contribution in [3.63, 3.8) is 0 Å². The predicted octanol–water partition coefficient (Wildman–Crippen LogP) is 3.86. The number of hydrogen-bond donors (Lipinski definition) is 2. The van der Waals surface area contributed by atoms with Crippen LogP contribution in [0.5, 0.6) is 0 Å². The molecule has 1 aliphatic heterocycles. The Hall–Kier alpha value is -1.62. The summed E-state index contributed by atoms with van der Waals surface area (Å²) < 4.78 is 5.96. The maximum Gasteiger partial charge on any atom is 0.303 e. The molecule has 0 radical (unpaired) electrons. The van der Waals surface area contributed by atoms with Crippen LogP contribution >= 0.6 is 0 Å². The van der Waals surface area contributed by atoms with Crippen LogP contribution in [0.15, 0.2) is 24.0 Å². The van der Waals surface area contributed by atoms with Crippen molar-refractivity contribution in [1.82, 2.24) is 0 Å². The summed E-state index contributed by atoms with van der Waals surface area (Å²) in [5.41, 5.74) is 0. The van der Waals surface area contributed by atoms with Gasteiger partial charge in [-0.25, -0.2) is 0 Å². The van der Waals surface area contributed by atoms with E-state index in [4.69, 9.17) is 9.84 Å². The van der Waals surface area contributed by atoms with Gasteiger partial charge in [0.1, 0.15) is 12.4 Å². The van der Waals surface area contributed by atoms with E-state index in [0.29, 0.717) is 19.3 Å². The van der Waals surface area contributed by atoms with Crippen LogP contribution in [0.4, 0.5) is 0 Å². The molecule has 26 heavy (non-hydrogen) atoms. The molecule has 1 saturated heterocycles. The third-order valence-corrected chi connectivity index (χ3v) is 5.49. The third-order valence-electron chi connectivity index (χ3n) is 5.49. The second-order valence-electron chi connectivity index (χ2n) is 7.54. The standard InChI is InChI=1S/C21H32O5/c1-2-3-4-7-15(14-22)10-11-17-18-12-16(8-5-6-9-21(24)25)26-20(18)13-19(17)23/h8,10-11,14-15,17-20,23H,2-7,9,12-13H2,1H3,(H,24,25)/b11-10+,16-8-/t15-,17+,18+,19+,20-/m0/s1. The number of carbonyl (C=O) groups excluding carboxylic acids is 1. The smallest absolute Gasteiger partial charge is 0.303 e. The molecule has 146 valence electrons. The zero-order valence-electron chi connectivity index (χ0n) is 15.7. The highest BCUT2D eigenvalue weighted by Gasteiger charge is 2.46. The summed E-state index contributed by atoms with van der Waals surface area (Å²) in [7, 11) is 0. The lowest BCUT2D eigenvalue weighted by Gasteiger charge is -2.16. The van der Waals surface area contributed by atoms with Gasteiger partial charge in [-0.2, -0.15) is 0 Å². The molecule has 0 aromatic rings. The first-order chi connectivity index (χ1) is 12.5. The van der Waals surface area contributed by atoms with Crippen molar-refractivity contribution in [2.75, 3.05) is 0 Å². The number of carboxylic acid groups (broad SMARTS) is 1. The Morgan fingerprint density at radius 2 is 2.15 bits per heavy atom. The van der Waals surface area contributed by atoms with Crippen molar-refractivity contribution >= 4 is 12.3 Å². The van der Waals surface area contributed by atoms with Gasteiger partial charge in [-0.3, -0.25) is 4.79 Å². The molecule has 0 aromatic carbocycles. The average Bonchev–Trinajstić information content (AvgIpc) is 3.11. The van der Waals surface area contributed by atoms with Crippen LogP contribution in [0.3, 0.4) is 0 Å². The SMILES string of the molecule is CCCCC[C@H](C=O)/C=C/[C@@H]1[C@H]2C/C(=C/CCCC(=O)O)O[C@H]2C[C@H]1O. The fourth-order valence-corrected chi connectivity index (χ4v) is 4.01. The fraction of sp³-hybridized carbons (Fsp3) is 0.714. The number of aliphatic carboxylic acids is 1. The lowest BCUT2D eigenvalue weighted by atomic mass is 9.89. The van der Waals surface area contributed by atoms with E-state index < -0.39 is 12.1 Å². The fourth-order valence-electron chi connectivity index (χ4n) is 4.01. The third kappa shape index (κ3) is 5.97. The molecule has 0 bridgehead atoms. The molecule has 0 aromatic heterocycles. The number of ether oxygens (including phenoxy) is 1. The summed E-state index contributed by atoms with van der Waals surface area (Å²) in [6.45, 7) is 2.15. The van der Waals surface area contributed by atoms with Gasteiger partial charge in [-0.05, 0) is 25.3 Å². The van der Waals surface area contributed by atoms with Crippen LogP contribution in [0.25, 0.3) is 0 Å². The molecule has 2 rings (SSSR count). The molecular formula is C21H32O5. The maximum absolute atomic E-state index is 11.3. The van der Waals surface area contributed by atoms with Crippen LogP contribution in [0, 0.1) is 17.8 Å². The van der Waals surface area contributed by atoms with Gasteiger partial charge in [0.15, 0.2) is 0 Å². The van der Waals surface area contributed by atoms with Crippen molar-refractivity contribution < 1.29 is 24.5 Å². The Kier molecular flexibility index (Phi) is 8.36. The van der Waals surface area contributed by atoms with Gasteiger partial charge in [0.05, 0.1) is 11.9 Å². The summed E-state index contributed by atoms with van der Waals surface area (Å²) in [5.74, 6) is 0.352. The summed E-state index contributed by atoms with van der Waals surface area (Å²) in [6.07, 6.45) is 13.7. The van der Waals surface area contributed by atoms with E-state index >= 15 is 0 Å². The molecule has 0 amide bonds. The quantitative estimate of drug-likeness (QED) is 0.330. The normalized spacial score (nSPS) is 30.5. The van der Waals surface area contributed by atoms with E-state index in [9.17, 15) is 14.7 Å². The van der Waals surface area contributed by atoms with Gasteiger partial charge in [-0.1, -0.05) is 38.3 Å². The number of carbonyl (C=O) groups is 2. The van der Waals surface area contributed by atoms with Crippen LogP contribution in [0.1, 0.15) is 64.7 Å². The van der Waals surface area contributed by atoms with E-state index in [2.05, 4.69) is 6.92 Å². The van der Waals surface area contributed by atoms with Gasteiger partial charge < -0.3 is 19.7 Å². The number of allylic oxidation sites excluding steroid dienone is 3. The van der Waals surface area contributed by atoms with Gasteiger partial charge in [0, 0.05) is 37.0 Å². The van der Waals surface area contributed by atoms with E-state index in [-0.39, 0.29) is 30.3 Å². The molecule has 0 spiro atoms. The number of unbranched alkanes of at least 4 members (excludes halogenated alkanes) is 3. The van der Waals surface area contributed by atoms with E-state index in [1.54, 1.807) is 0 Å². The molecule has 5 nitrogen and oxygen atoms in total. The zero-order valence-corrected chi connectivity index (χ0v) is 15.7. The first kappa shape index (κ1) is 20.7. The summed E-state index contributed by atoms with van der Waals surface area (Å²) >= 11 is 0. The molecule has 0 unspecified atom stereocenters. The van der Waals surface area contributed by atoms with Crippen molar-refractivity contribution in [1.29, 1.82) is 0 Å². The minimum absolute atomic E-state index is 0.0264. The molecule has 5 heteroatoms. The van der Waals surface area contributed by atoms with E-state index in [0.717, 1.165) is 44.1 Å². The second-order valence-corrected chi connectivity index (χ2v) is 7.54. The molecule has 1 aliphatic carbocycles. The number of aliphatic hydroxyl groups is 1.